The molecule has 2 aromatic rings. The van der Waals surface area contributed by atoms with Crippen molar-refractivity contribution in [2.24, 2.45) is 4.99 Å². The fourth-order valence-electron chi connectivity index (χ4n) is 2.64. The Kier molecular flexibility index (Phi) is 8.95. The van der Waals surface area contributed by atoms with E-state index in [2.05, 4.69) is 20.4 Å². The zero-order valence-corrected chi connectivity index (χ0v) is 16.5. The van der Waals surface area contributed by atoms with Crippen molar-refractivity contribution in [3.8, 4) is 0 Å². The van der Waals surface area contributed by atoms with Gasteiger partial charge in [-0.05, 0) is 16.7 Å². The Morgan fingerprint density at radius 2 is 1.66 bits per heavy atom. The van der Waals surface area contributed by atoms with Gasteiger partial charge in [-0.2, -0.15) is 13.2 Å². The molecule has 1 atom stereocenters. The van der Waals surface area contributed by atoms with Gasteiger partial charge in [0.2, 0.25) is 0 Å². The Bertz CT molecular complexity index is 750. The Balaban J connectivity index is 1.78. The Hall–Kier alpha value is -2.58. The maximum absolute atomic E-state index is 12.1. The third-order valence-electron chi connectivity index (χ3n) is 4.15. The monoisotopic (exact) mass is 409 g/mol. The van der Waals surface area contributed by atoms with Crippen LogP contribution in [0.4, 0.5) is 13.2 Å². The van der Waals surface area contributed by atoms with Crippen LogP contribution in [0.2, 0.25) is 0 Å². The molecule has 0 saturated carbocycles. The lowest BCUT2D eigenvalue weighted by molar-refractivity contribution is -0.176. The van der Waals surface area contributed by atoms with E-state index < -0.39 is 12.8 Å². The van der Waals surface area contributed by atoms with E-state index >= 15 is 0 Å². The van der Waals surface area contributed by atoms with Gasteiger partial charge in [0.1, 0.15) is 6.61 Å². The third kappa shape index (κ3) is 8.53. The summed E-state index contributed by atoms with van der Waals surface area (Å²) in [7, 11) is 3.34. The summed E-state index contributed by atoms with van der Waals surface area (Å²) in [5, 5.41) is 6.43. The molecule has 0 saturated heterocycles. The Labute approximate surface area is 168 Å². The van der Waals surface area contributed by atoms with Crippen molar-refractivity contribution in [3.05, 3.63) is 71.3 Å². The first-order valence-electron chi connectivity index (χ1n) is 9.16. The first-order chi connectivity index (χ1) is 13.9. The van der Waals surface area contributed by atoms with E-state index in [0.29, 0.717) is 24.6 Å². The molecule has 0 amide bonds. The van der Waals surface area contributed by atoms with E-state index in [1.165, 1.54) is 0 Å². The van der Waals surface area contributed by atoms with Crippen LogP contribution in [0.25, 0.3) is 0 Å². The quantitative estimate of drug-likeness (QED) is 0.488. The minimum Gasteiger partial charge on any atom is -0.375 e. The van der Waals surface area contributed by atoms with Gasteiger partial charge < -0.3 is 20.1 Å². The van der Waals surface area contributed by atoms with Crippen molar-refractivity contribution in [2.75, 3.05) is 27.3 Å². The van der Waals surface area contributed by atoms with Gasteiger partial charge in [0, 0.05) is 27.2 Å². The molecule has 8 heteroatoms. The lowest BCUT2D eigenvalue weighted by atomic mass is 10.1. The molecule has 0 aliphatic carbocycles. The average molecular weight is 409 g/mol. The highest BCUT2D eigenvalue weighted by Crippen LogP contribution is 2.16. The van der Waals surface area contributed by atoms with Crippen molar-refractivity contribution in [1.82, 2.24) is 10.6 Å². The van der Waals surface area contributed by atoms with Crippen LogP contribution >= 0.6 is 0 Å². The minimum absolute atomic E-state index is 0.0751. The largest absolute Gasteiger partial charge is 0.411 e. The van der Waals surface area contributed by atoms with Crippen molar-refractivity contribution in [1.29, 1.82) is 0 Å². The number of nitrogens with zero attached hydrogens (tertiary/aromatic N) is 1. The standard InChI is InChI=1S/C21H26F3N3O2/c1-25-20(27-13-19(28-2)18-6-4-3-5-7-18)26-12-16-8-10-17(11-9-16)14-29-15-21(22,23)24/h3-11,19H,12-15H2,1-2H3,(H2,25,26,27). The summed E-state index contributed by atoms with van der Waals surface area (Å²) in [4.78, 5) is 4.20. The summed E-state index contributed by atoms with van der Waals surface area (Å²) in [6.07, 6.45) is -4.42. The molecule has 2 rings (SSSR count). The molecule has 0 aliphatic rings. The SMILES string of the molecule is CN=C(NCc1ccc(COCC(F)(F)F)cc1)NCC(OC)c1ccccc1. The summed E-state index contributed by atoms with van der Waals surface area (Å²) in [5.74, 6) is 0.626. The lowest BCUT2D eigenvalue weighted by Crippen LogP contribution is -2.39. The predicted molar refractivity (Wildman–Crippen MR) is 107 cm³/mol. The number of aliphatic imine (C=N–C) groups is 1. The number of benzene rings is 2. The number of methoxy groups -OCH3 is 1. The van der Waals surface area contributed by atoms with E-state index in [1.807, 2.05) is 42.5 Å². The number of guanidine groups is 1. The van der Waals surface area contributed by atoms with E-state index in [0.717, 1.165) is 11.1 Å². The van der Waals surface area contributed by atoms with Gasteiger partial charge in [0.05, 0.1) is 12.7 Å². The molecule has 2 aromatic carbocycles. The van der Waals surface area contributed by atoms with Crippen LogP contribution in [0.3, 0.4) is 0 Å². The molecule has 0 aliphatic heterocycles. The van der Waals surface area contributed by atoms with Crippen LogP contribution < -0.4 is 10.6 Å². The van der Waals surface area contributed by atoms with E-state index in [1.54, 1.807) is 26.3 Å². The molecule has 0 heterocycles. The number of hydrogen-bond acceptors (Lipinski definition) is 3. The fraction of sp³-hybridized carbons (Fsp3) is 0.381. The number of ether oxygens (including phenoxy) is 2. The Morgan fingerprint density at radius 1 is 1.00 bits per heavy atom. The van der Waals surface area contributed by atoms with Crippen molar-refractivity contribution in [2.45, 2.75) is 25.4 Å². The second-order valence-corrected chi connectivity index (χ2v) is 6.37. The molecule has 0 fully saturated rings. The summed E-state index contributed by atoms with van der Waals surface area (Å²) in [6, 6.07) is 17.1. The molecule has 1 unspecified atom stereocenters. The Morgan fingerprint density at radius 3 is 2.24 bits per heavy atom. The first kappa shape index (κ1) is 22.7. The highest BCUT2D eigenvalue weighted by molar-refractivity contribution is 5.79. The van der Waals surface area contributed by atoms with E-state index in [4.69, 9.17) is 4.74 Å². The zero-order valence-electron chi connectivity index (χ0n) is 16.5. The number of rotatable bonds is 9. The molecule has 0 spiro atoms. The number of halogens is 3. The summed E-state index contributed by atoms with van der Waals surface area (Å²) >= 11 is 0. The zero-order chi connectivity index (χ0) is 21.1. The van der Waals surface area contributed by atoms with Crippen LogP contribution in [0.1, 0.15) is 22.8 Å². The average Bonchev–Trinajstić information content (AvgIpc) is 2.71. The molecule has 0 aromatic heterocycles. The van der Waals surface area contributed by atoms with Crippen molar-refractivity contribution in [3.63, 3.8) is 0 Å². The highest BCUT2D eigenvalue weighted by atomic mass is 19.4. The van der Waals surface area contributed by atoms with Crippen LogP contribution in [-0.4, -0.2) is 39.4 Å². The van der Waals surface area contributed by atoms with Crippen LogP contribution in [-0.2, 0) is 22.6 Å². The third-order valence-corrected chi connectivity index (χ3v) is 4.15. The highest BCUT2D eigenvalue weighted by Gasteiger charge is 2.27. The van der Waals surface area contributed by atoms with Gasteiger partial charge in [-0.15, -0.1) is 0 Å². The van der Waals surface area contributed by atoms with Gasteiger partial charge in [-0.1, -0.05) is 54.6 Å². The van der Waals surface area contributed by atoms with E-state index in [-0.39, 0.29) is 12.7 Å². The topological polar surface area (TPSA) is 54.9 Å². The van der Waals surface area contributed by atoms with Crippen LogP contribution in [0.15, 0.2) is 59.6 Å². The summed E-state index contributed by atoms with van der Waals surface area (Å²) < 4.78 is 46.5. The lowest BCUT2D eigenvalue weighted by Gasteiger charge is -2.19. The maximum Gasteiger partial charge on any atom is 0.411 e. The second-order valence-electron chi connectivity index (χ2n) is 6.37. The molecule has 0 radical (unpaired) electrons. The minimum atomic E-state index is -4.31. The normalized spacial score (nSPS) is 13.2. The summed E-state index contributed by atoms with van der Waals surface area (Å²) in [6.45, 7) is -0.250. The van der Waals surface area contributed by atoms with Gasteiger partial charge in [0.15, 0.2) is 5.96 Å². The molecule has 0 bridgehead atoms. The van der Waals surface area contributed by atoms with E-state index in [9.17, 15) is 13.2 Å². The molecular formula is C21H26F3N3O2. The second kappa shape index (κ2) is 11.4. The number of hydrogen-bond donors (Lipinski definition) is 2. The van der Waals surface area contributed by atoms with Gasteiger partial charge >= 0.3 is 6.18 Å². The number of nitrogens with one attached hydrogen (secondary N) is 2. The number of alkyl halides is 3. The van der Waals surface area contributed by atoms with Crippen LogP contribution in [0, 0.1) is 0 Å². The fourth-order valence-corrected chi connectivity index (χ4v) is 2.64. The molecule has 158 valence electrons. The maximum atomic E-state index is 12.1. The predicted octanol–water partition coefficient (Wildman–Crippen LogP) is 3.82. The molecule has 29 heavy (non-hydrogen) atoms. The first-order valence-corrected chi connectivity index (χ1v) is 9.16. The molecule has 5 nitrogen and oxygen atoms in total. The van der Waals surface area contributed by atoms with Gasteiger partial charge in [-0.3, -0.25) is 4.99 Å². The van der Waals surface area contributed by atoms with Crippen molar-refractivity contribution < 1.29 is 22.6 Å². The van der Waals surface area contributed by atoms with Gasteiger partial charge in [-0.25, -0.2) is 0 Å². The smallest absolute Gasteiger partial charge is 0.375 e. The van der Waals surface area contributed by atoms with Gasteiger partial charge in [0.25, 0.3) is 0 Å². The van der Waals surface area contributed by atoms with Crippen molar-refractivity contribution >= 4 is 5.96 Å². The molecule has 2 N–H and O–H groups in total. The molecular weight excluding hydrogens is 383 g/mol. The summed E-state index contributed by atoms with van der Waals surface area (Å²) in [5.41, 5.74) is 2.73. The van der Waals surface area contributed by atoms with Crippen LogP contribution in [0.5, 0.6) is 0 Å².